The van der Waals surface area contributed by atoms with E-state index in [4.69, 9.17) is 11.6 Å². The van der Waals surface area contributed by atoms with Crippen molar-refractivity contribution < 1.29 is 0 Å². The van der Waals surface area contributed by atoms with Crippen molar-refractivity contribution in [2.45, 2.75) is 19.4 Å². The fraction of sp³-hybridized carbons (Fsp3) is 0.222. The van der Waals surface area contributed by atoms with Gasteiger partial charge in [-0.3, -0.25) is 4.98 Å². The average Bonchev–Trinajstić information content (AvgIpc) is 3.01. The second kappa shape index (κ2) is 5.39. The molecule has 0 amide bonds. The maximum Gasteiger partial charge on any atom is 0.154 e. The molecule has 0 radical (unpaired) electrons. The Morgan fingerprint density at radius 1 is 1.35 bits per heavy atom. The van der Waals surface area contributed by atoms with Crippen LogP contribution in [0, 0.1) is 0 Å². The van der Waals surface area contributed by atoms with Crippen LogP contribution in [0.4, 0.5) is 0 Å². The molecule has 0 fully saturated rings. The first-order valence-corrected chi connectivity index (χ1v) is 8.07. The highest BCUT2D eigenvalue weighted by Gasteiger charge is 2.27. The SMILES string of the molecule is C=C(c1nc2c(Cl)cccc2[nH]1)N1CCc2ncccc2C1C. The maximum atomic E-state index is 6.22. The molecule has 1 aromatic carbocycles. The highest BCUT2D eigenvalue weighted by atomic mass is 35.5. The molecule has 0 aliphatic carbocycles. The third kappa shape index (κ3) is 2.30. The minimum atomic E-state index is 0.226. The molecule has 1 aliphatic rings. The third-order valence-electron chi connectivity index (χ3n) is 4.52. The molecule has 1 aliphatic heterocycles. The number of H-pyrrole nitrogens is 1. The summed E-state index contributed by atoms with van der Waals surface area (Å²) in [6.45, 7) is 7.33. The smallest absolute Gasteiger partial charge is 0.154 e. The summed E-state index contributed by atoms with van der Waals surface area (Å²) in [5.41, 5.74) is 5.04. The molecule has 23 heavy (non-hydrogen) atoms. The van der Waals surface area contributed by atoms with Crippen LogP contribution in [0.15, 0.2) is 43.1 Å². The fourth-order valence-corrected chi connectivity index (χ4v) is 3.48. The lowest BCUT2D eigenvalue weighted by molar-refractivity contribution is 0.296. The molecule has 3 heterocycles. The van der Waals surface area contributed by atoms with Crippen molar-refractivity contribution >= 4 is 28.3 Å². The zero-order chi connectivity index (χ0) is 16.0. The van der Waals surface area contributed by atoms with Crippen molar-refractivity contribution in [3.63, 3.8) is 0 Å². The lowest BCUT2D eigenvalue weighted by Gasteiger charge is -2.36. The summed E-state index contributed by atoms with van der Waals surface area (Å²) in [7, 11) is 0. The van der Waals surface area contributed by atoms with Crippen molar-refractivity contribution in [2.75, 3.05) is 6.54 Å². The Balaban J connectivity index is 1.70. The van der Waals surface area contributed by atoms with E-state index >= 15 is 0 Å². The molecule has 4 rings (SSSR count). The van der Waals surface area contributed by atoms with E-state index in [-0.39, 0.29) is 6.04 Å². The molecule has 1 N–H and O–H groups in total. The number of nitrogens with zero attached hydrogens (tertiary/aromatic N) is 3. The minimum absolute atomic E-state index is 0.226. The fourth-order valence-electron chi connectivity index (χ4n) is 3.27. The lowest BCUT2D eigenvalue weighted by atomic mass is 9.97. The molecule has 2 aromatic heterocycles. The van der Waals surface area contributed by atoms with Gasteiger partial charge in [0.1, 0.15) is 5.52 Å². The summed E-state index contributed by atoms with van der Waals surface area (Å²) in [4.78, 5) is 14.7. The van der Waals surface area contributed by atoms with E-state index in [2.05, 4.69) is 39.4 Å². The van der Waals surface area contributed by atoms with E-state index in [9.17, 15) is 0 Å². The number of nitrogens with one attached hydrogen (secondary N) is 1. The van der Waals surface area contributed by atoms with Gasteiger partial charge in [0.15, 0.2) is 5.82 Å². The minimum Gasteiger partial charge on any atom is -0.362 e. The highest BCUT2D eigenvalue weighted by molar-refractivity contribution is 6.34. The number of pyridine rings is 1. The lowest BCUT2D eigenvalue weighted by Crippen LogP contribution is -2.33. The molecule has 0 saturated carbocycles. The van der Waals surface area contributed by atoms with E-state index in [1.807, 2.05) is 30.5 Å². The van der Waals surface area contributed by atoms with Crippen LogP contribution in [0.3, 0.4) is 0 Å². The first-order valence-electron chi connectivity index (χ1n) is 7.69. The van der Waals surface area contributed by atoms with E-state index in [0.717, 1.165) is 35.5 Å². The van der Waals surface area contributed by atoms with Crippen LogP contribution in [0.25, 0.3) is 16.7 Å². The molecule has 4 nitrogen and oxygen atoms in total. The molecule has 1 unspecified atom stereocenters. The second-order valence-corrected chi connectivity index (χ2v) is 6.23. The van der Waals surface area contributed by atoms with E-state index < -0.39 is 0 Å². The van der Waals surface area contributed by atoms with Gasteiger partial charge in [0.05, 0.1) is 22.3 Å². The van der Waals surface area contributed by atoms with Crippen LogP contribution < -0.4 is 0 Å². The third-order valence-corrected chi connectivity index (χ3v) is 4.82. The van der Waals surface area contributed by atoms with Gasteiger partial charge in [0.2, 0.25) is 0 Å². The van der Waals surface area contributed by atoms with Crippen LogP contribution in [-0.4, -0.2) is 26.4 Å². The van der Waals surface area contributed by atoms with Gasteiger partial charge in [0, 0.05) is 24.9 Å². The Morgan fingerprint density at radius 3 is 3.04 bits per heavy atom. The summed E-state index contributed by atoms with van der Waals surface area (Å²) in [5.74, 6) is 0.771. The predicted octanol–water partition coefficient (Wildman–Crippen LogP) is 4.20. The first kappa shape index (κ1) is 14.3. The Labute approximate surface area is 139 Å². The molecule has 0 saturated heterocycles. The number of para-hydroxylation sites is 1. The summed E-state index contributed by atoms with van der Waals surface area (Å²) < 4.78 is 0. The number of aromatic amines is 1. The van der Waals surface area contributed by atoms with Crippen LogP contribution in [-0.2, 0) is 6.42 Å². The van der Waals surface area contributed by atoms with Crippen molar-refractivity contribution in [1.82, 2.24) is 19.9 Å². The summed E-state index contributed by atoms with van der Waals surface area (Å²) in [5, 5.41) is 0.652. The summed E-state index contributed by atoms with van der Waals surface area (Å²) >= 11 is 6.22. The molecular formula is C18H17ClN4. The number of hydrogen-bond acceptors (Lipinski definition) is 3. The molecule has 3 aromatic rings. The summed E-state index contributed by atoms with van der Waals surface area (Å²) in [6.07, 6.45) is 2.78. The van der Waals surface area contributed by atoms with Gasteiger partial charge in [-0.05, 0) is 30.7 Å². The Kier molecular flexibility index (Phi) is 3.34. The van der Waals surface area contributed by atoms with Gasteiger partial charge in [-0.1, -0.05) is 30.3 Å². The van der Waals surface area contributed by atoms with Gasteiger partial charge in [-0.2, -0.15) is 0 Å². The molecular weight excluding hydrogens is 308 g/mol. The van der Waals surface area contributed by atoms with Gasteiger partial charge in [-0.25, -0.2) is 4.98 Å². The van der Waals surface area contributed by atoms with E-state index in [1.165, 1.54) is 11.3 Å². The molecule has 116 valence electrons. The number of fused-ring (bicyclic) bond motifs is 2. The Bertz CT molecular complexity index is 899. The normalized spacial score (nSPS) is 17.3. The van der Waals surface area contributed by atoms with Crippen LogP contribution in [0.2, 0.25) is 5.02 Å². The van der Waals surface area contributed by atoms with Crippen molar-refractivity contribution in [2.24, 2.45) is 0 Å². The van der Waals surface area contributed by atoms with E-state index in [0.29, 0.717) is 5.02 Å². The number of rotatable bonds is 2. The maximum absolute atomic E-state index is 6.22. The van der Waals surface area contributed by atoms with Crippen LogP contribution >= 0.6 is 11.6 Å². The van der Waals surface area contributed by atoms with Gasteiger partial charge >= 0.3 is 0 Å². The first-order chi connectivity index (χ1) is 11.1. The predicted molar refractivity (Wildman–Crippen MR) is 93.2 cm³/mol. The molecule has 5 heteroatoms. The van der Waals surface area contributed by atoms with E-state index in [1.54, 1.807) is 0 Å². The largest absolute Gasteiger partial charge is 0.362 e. The van der Waals surface area contributed by atoms with Gasteiger partial charge in [-0.15, -0.1) is 0 Å². The Hall–Kier alpha value is -2.33. The number of aromatic nitrogens is 3. The van der Waals surface area contributed by atoms with Gasteiger partial charge in [0.25, 0.3) is 0 Å². The van der Waals surface area contributed by atoms with Crippen molar-refractivity contribution in [3.8, 4) is 0 Å². The highest BCUT2D eigenvalue weighted by Crippen LogP contribution is 2.34. The zero-order valence-electron chi connectivity index (χ0n) is 12.9. The molecule has 1 atom stereocenters. The number of hydrogen-bond donors (Lipinski definition) is 1. The Morgan fingerprint density at radius 2 is 2.22 bits per heavy atom. The number of imidazole rings is 1. The topological polar surface area (TPSA) is 44.8 Å². The van der Waals surface area contributed by atoms with Crippen LogP contribution in [0.1, 0.15) is 30.0 Å². The quantitative estimate of drug-likeness (QED) is 0.768. The number of halogens is 1. The zero-order valence-corrected chi connectivity index (χ0v) is 13.6. The monoisotopic (exact) mass is 324 g/mol. The molecule has 0 bridgehead atoms. The average molecular weight is 325 g/mol. The standard InChI is InChI=1S/C18H17ClN4/c1-11-13-5-4-9-20-15(13)8-10-23(11)12(2)18-21-16-7-3-6-14(19)17(16)22-18/h3-7,9,11H,2,8,10H2,1H3,(H,21,22). The van der Waals surface area contributed by atoms with Gasteiger partial charge < -0.3 is 9.88 Å². The van der Waals surface area contributed by atoms with Crippen LogP contribution in [0.5, 0.6) is 0 Å². The number of benzene rings is 1. The second-order valence-electron chi connectivity index (χ2n) is 5.83. The molecule has 0 spiro atoms. The van der Waals surface area contributed by atoms with Crippen molar-refractivity contribution in [1.29, 1.82) is 0 Å². The summed E-state index contributed by atoms with van der Waals surface area (Å²) in [6, 6.07) is 10.1. The van der Waals surface area contributed by atoms with Crippen molar-refractivity contribution in [3.05, 3.63) is 65.2 Å².